The maximum atomic E-state index is 12.1. The van der Waals surface area contributed by atoms with Crippen LogP contribution in [0, 0.1) is 6.92 Å². The van der Waals surface area contributed by atoms with E-state index in [0.29, 0.717) is 12.2 Å². The molecule has 2 rings (SSSR count). The predicted octanol–water partition coefficient (Wildman–Crippen LogP) is 2.35. The predicted molar refractivity (Wildman–Crippen MR) is 79.4 cm³/mol. The van der Waals surface area contributed by atoms with E-state index in [1.165, 1.54) is 0 Å². The summed E-state index contributed by atoms with van der Waals surface area (Å²) in [6, 6.07) is 7.93. The first kappa shape index (κ1) is 14.1. The molecule has 1 aromatic carbocycles. The number of H-pyrrole nitrogens is 1. The number of nitrogens with zero attached hydrogens (tertiary/aromatic N) is 1. The Morgan fingerprint density at radius 3 is 2.70 bits per heavy atom. The second kappa shape index (κ2) is 5.77. The van der Waals surface area contributed by atoms with Gasteiger partial charge < -0.3 is 11.1 Å². The maximum absolute atomic E-state index is 12.1. The normalized spacial score (nSPS) is 10.8. The highest BCUT2D eigenvalue weighted by Gasteiger charge is 2.18. The van der Waals surface area contributed by atoms with E-state index >= 15 is 0 Å². The number of nitrogens with one attached hydrogen (secondary N) is 2. The fourth-order valence-electron chi connectivity index (χ4n) is 2.04. The van der Waals surface area contributed by atoms with Gasteiger partial charge in [0.15, 0.2) is 5.69 Å². The summed E-state index contributed by atoms with van der Waals surface area (Å²) in [5.74, 6) is -0.0469. The first-order chi connectivity index (χ1) is 9.50. The molecule has 1 heterocycles. The van der Waals surface area contributed by atoms with Crippen molar-refractivity contribution in [2.75, 3.05) is 5.73 Å². The van der Waals surface area contributed by atoms with E-state index in [1.807, 2.05) is 45.0 Å². The van der Waals surface area contributed by atoms with Crippen molar-refractivity contribution in [2.24, 2.45) is 0 Å². The Kier molecular flexibility index (Phi) is 4.08. The molecule has 5 nitrogen and oxygen atoms in total. The SMILES string of the molecule is Cc1ccccc1CNC(=O)c1n[nH]c(C(C)C)c1N. The van der Waals surface area contributed by atoms with E-state index < -0.39 is 0 Å². The van der Waals surface area contributed by atoms with Crippen LogP contribution in [0.25, 0.3) is 0 Å². The number of aromatic nitrogens is 2. The average molecular weight is 272 g/mol. The van der Waals surface area contributed by atoms with Crippen molar-refractivity contribution < 1.29 is 4.79 Å². The standard InChI is InChI=1S/C15H20N4O/c1-9(2)13-12(16)14(19-18-13)15(20)17-8-11-7-5-4-6-10(11)3/h4-7,9H,8,16H2,1-3H3,(H,17,20)(H,18,19). The third kappa shape index (κ3) is 2.82. The van der Waals surface area contributed by atoms with Gasteiger partial charge in [-0.2, -0.15) is 5.10 Å². The summed E-state index contributed by atoms with van der Waals surface area (Å²) in [7, 11) is 0. The van der Waals surface area contributed by atoms with Crippen molar-refractivity contribution in [3.63, 3.8) is 0 Å². The Hall–Kier alpha value is -2.30. The average Bonchev–Trinajstić information content (AvgIpc) is 2.79. The fourth-order valence-corrected chi connectivity index (χ4v) is 2.04. The van der Waals surface area contributed by atoms with Crippen molar-refractivity contribution in [3.8, 4) is 0 Å². The molecule has 1 aromatic heterocycles. The number of hydrogen-bond acceptors (Lipinski definition) is 3. The zero-order valence-corrected chi connectivity index (χ0v) is 12.0. The number of anilines is 1. The number of nitrogens with two attached hydrogens (primary N) is 1. The molecule has 0 atom stereocenters. The second-order valence-corrected chi connectivity index (χ2v) is 5.16. The number of aromatic amines is 1. The van der Waals surface area contributed by atoms with Gasteiger partial charge in [0.25, 0.3) is 5.91 Å². The minimum atomic E-state index is -0.256. The molecule has 0 spiro atoms. The Bertz CT molecular complexity index is 616. The lowest BCUT2D eigenvalue weighted by atomic mass is 10.1. The van der Waals surface area contributed by atoms with E-state index in [1.54, 1.807) is 0 Å². The highest BCUT2D eigenvalue weighted by molar-refractivity contribution is 5.97. The number of carbonyl (C=O) groups is 1. The van der Waals surface area contributed by atoms with Crippen LogP contribution in [0.4, 0.5) is 5.69 Å². The van der Waals surface area contributed by atoms with Crippen LogP contribution in [0.3, 0.4) is 0 Å². The minimum absolute atomic E-state index is 0.209. The Balaban J connectivity index is 2.08. The van der Waals surface area contributed by atoms with Gasteiger partial charge >= 0.3 is 0 Å². The zero-order valence-electron chi connectivity index (χ0n) is 12.0. The van der Waals surface area contributed by atoms with Crippen LogP contribution >= 0.6 is 0 Å². The van der Waals surface area contributed by atoms with Gasteiger partial charge in [0.05, 0.1) is 11.4 Å². The highest BCUT2D eigenvalue weighted by Crippen LogP contribution is 2.21. The lowest BCUT2D eigenvalue weighted by Gasteiger charge is -2.07. The van der Waals surface area contributed by atoms with E-state index in [2.05, 4.69) is 15.5 Å². The number of amides is 1. The van der Waals surface area contributed by atoms with E-state index in [-0.39, 0.29) is 17.5 Å². The van der Waals surface area contributed by atoms with Crippen LogP contribution in [-0.4, -0.2) is 16.1 Å². The molecule has 1 amide bonds. The molecule has 0 aliphatic carbocycles. The molecule has 0 fully saturated rings. The molecule has 5 heteroatoms. The van der Waals surface area contributed by atoms with Gasteiger partial charge in [0.2, 0.25) is 0 Å². The molecule has 106 valence electrons. The Morgan fingerprint density at radius 2 is 2.10 bits per heavy atom. The van der Waals surface area contributed by atoms with Crippen molar-refractivity contribution in [1.29, 1.82) is 0 Å². The van der Waals surface area contributed by atoms with E-state index in [0.717, 1.165) is 16.8 Å². The lowest BCUT2D eigenvalue weighted by Crippen LogP contribution is -2.24. The summed E-state index contributed by atoms with van der Waals surface area (Å²) in [6.45, 7) is 6.48. The van der Waals surface area contributed by atoms with E-state index in [4.69, 9.17) is 5.73 Å². The molecule has 0 radical (unpaired) electrons. The smallest absolute Gasteiger partial charge is 0.274 e. The van der Waals surface area contributed by atoms with Crippen molar-refractivity contribution >= 4 is 11.6 Å². The third-order valence-electron chi connectivity index (χ3n) is 3.33. The van der Waals surface area contributed by atoms with Gasteiger partial charge in [0.1, 0.15) is 0 Å². The van der Waals surface area contributed by atoms with Gasteiger partial charge in [-0.15, -0.1) is 0 Å². The van der Waals surface area contributed by atoms with Crippen molar-refractivity contribution in [1.82, 2.24) is 15.5 Å². The summed E-state index contributed by atoms with van der Waals surface area (Å²) >= 11 is 0. The number of aryl methyl sites for hydroxylation is 1. The molecule has 2 aromatic rings. The molecular weight excluding hydrogens is 252 g/mol. The van der Waals surface area contributed by atoms with Crippen LogP contribution in [0.15, 0.2) is 24.3 Å². The van der Waals surface area contributed by atoms with Crippen molar-refractivity contribution in [2.45, 2.75) is 33.2 Å². The van der Waals surface area contributed by atoms with Gasteiger partial charge in [0, 0.05) is 6.54 Å². The summed E-state index contributed by atoms with van der Waals surface area (Å²) < 4.78 is 0. The van der Waals surface area contributed by atoms with E-state index in [9.17, 15) is 4.79 Å². The van der Waals surface area contributed by atoms with Gasteiger partial charge in [-0.25, -0.2) is 0 Å². The molecule has 4 N–H and O–H groups in total. The van der Waals surface area contributed by atoms with Gasteiger partial charge in [-0.1, -0.05) is 38.1 Å². The molecule has 0 bridgehead atoms. The summed E-state index contributed by atoms with van der Waals surface area (Å²) in [6.07, 6.45) is 0. The van der Waals surface area contributed by atoms with Crippen molar-refractivity contribution in [3.05, 3.63) is 46.8 Å². The maximum Gasteiger partial charge on any atom is 0.274 e. The molecule has 0 aliphatic heterocycles. The number of nitrogen functional groups attached to an aromatic ring is 1. The second-order valence-electron chi connectivity index (χ2n) is 5.16. The van der Waals surface area contributed by atoms with Gasteiger partial charge in [-0.3, -0.25) is 9.89 Å². The molecule has 20 heavy (non-hydrogen) atoms. The highest BCUT2D eigenvalue weighted by atomic mass is 16.1. The summed E-state index contributed by atoms with van der Waals surface area (Å²) in [5.41, 5.74) is 9.67. The lowest BCUT2D eigenvalue weighted by molar-refractivity contribution is 0.0946. The molecule has 0 saturated carbocycles. The number of carbonyl (C=O) groups excluding carboxylic acids is 1. The first-order valence-corrected chi connectivity index (χ1v) is 6.67. The Morgan fingerprint density at radius 1 is 1.40 bits per heavy atom. The fraction of sp³-hybridized carbons (Fsp3) is 0.333. The van der Waals surface area contributed by atoms with Crippen LogP contribution in [-0.2, 0) is 6.54 Å². The summed E-state index contributed by atoms with van der Waals surface area (Å²) in [5, 5.41) is 9.69. The number of rotatable bonds is 4. The monoisotopic (exact) mass is 272 g/mol. The van der Waals surface area contributed by atoms with Crippen LogP contribution in [0.1, 0.15) is 47.1 Å². The van der Waals surface area contributed by atoms with Gasteiger partial charge in [-0.05, 0) is 24.0 Å². The van der Waals surface area contributed by atoms with Crippen LogP contribution < -0.4 is 11.1 Å². The Labute approximate surface area is 118 Å². The van der Waals surface area contributed by atoms with Crippen LogP contribution in [0.2, 0.25) is 0 Å². The molecular formula is C15H20N4O. The number of benzene rings is 1. The molecule has 0 aliphatic rings. The number of hydrogen-bond donors (Lipinski definition) is 3. The quantitative estimate of drug-likeness (QED) is 0.798. The zero-order chi connectivity index (χ0) is 14.7. The molecule has 0 saturated heterocycles. The summed E-state index contributed by atoms with van der Waals surface area (Å²) in [4.78, 5) is 12.1. The topological polar surface area (TPSA) is 83.8 Å². The minimum Gasteiger partial charge on any atom is -0.395 e. The largest absolute Gasteiger partial charge is 0.395 e. The molecule has 0 unspecified atom stereocenters. The van der Waals surface area contributed by atoms with Crippen LogP contribution in [0.5, 0.6) is 0 Å². The third-order valence-corrected chi connectivity index (χ3v) is 3.33. The first-order valence-electron chi connectivity index (χ1n) is 6.67.